The van der Waals surface area contributed by atoms with Crippen molar-refractivity contribution >= 4 is 23.3 Å². The molecule has 2 N–H and O–H groups in total. The smallest absolute Gasteiger partial charge is 0.266 e. The molecule has 0 saturated carbocycles. The van der Waals surface area contributed by atoms with Crippen LogP contribution >= 0.6 is 0 Å². The number of hydrogen-bond donors (Lipinski definition) is 2. The Morgan fingerprint density at radius 2 is 2.14 bits per heavy atom. The number of benzene rings is 1. The topological polar surface area (TPSA) is 80.3 Å². The second kappa shape index (κ2) is 5.85. The molecule has 2 aromatic rings. The first kappa shape index (κ1) is 14.1. The lowest BCUT2D eigenvalue weighted by atomic mass is 10.1. The first-order valence-corrected chi connectivity index (χ1v) is 6.91. The summed E-state index contributed by atoms with van der Waals surface area (Å²) in [7, 11) is 0. The minimum Gasteiger partial charge on any atom is -0.478 e. The third kappa shape index (κ3) is 3.06. The molecule has 1 aromatic carbocycles. The number of para-hydroxylation sites is 2. The molecule has 1 aliphatic rings. The summed E-state index contributed by atoms with van der Waals surface area (Å²) in [5, 5.41) is 5.38. The lowest BCUT2D eigenvalue weighted by molar-refractivity contribution is -0.128. The van der Waals surface area contributed by atoms with E-state index in [0.717, 1.165) is 5.56 Å². The van der Waals surface area contributed by atoms with Crippen molar-refractivity contribution < 1.29 is 14.3 Å². The van der Waals surface area contributed by atoms with Crippen LogP contribution in [0.25, 0.3) is 0 Å². The van der Waals surface area contributed by atoms with Crippen molar-refractivity contribution in [2.75, 3.05) is 10.6 Å². The van der Waals surface area contributed by atoms with Crippen LogP contribution in [-0.2, 0) is 9.59 Å². The average molecular weight is 297 g/mol. The van der Waals surface area contributed by atoms with Gasteiger partial charge in [0.25, 0.3) is 5.91 Å². The van der Waals surface area contributed by atoms with Crippen molar-refractivity contribution in [2.24, 2.45) is 0 Å². The number of nitrogens with zero attached hydrogens (tertiary/aromatic N) is 1. The van der Waals surface area contributed by atoms with Gasteiger partial charge in [-0.2, -0.15) is 0 Å². The zero-order valence-corrected chi connectivity index (χ0v) is 12.0. The van der Waals surface area contributed by atoms with Gasteiger partial charge >= 0.3 is 0 Å². The fourth-order valence-corrected chi connectivity index (χ4v) is 2.13. The van der Waals surface area contributed by atoms with Gasteiger partial charge in [0.2, 0.25) is 5.91 Å². The quantitative estimate of drug-likeness (QED) is 0.909. The van der Waals surface area contributed by atoms with E-state index in [1.165, 1.54) is 0 Å². The molecule has 0 aliphatic carbocycles. The highest BCUT2D eigenvalue weighted by Gasteiger charge is 2.29. The summed E-state index contributed by atoms with van der Waals surface area (Å²) in [6.45, 7) is 1.91. The Hall–Kier alpha value is -2.89. The second-order valence-electron chi connectivity index (χ2n) is 5.06. The van der Waals surface area contributed by atoms with Crippen LogP contribution in [0.5, 0.6) is 5.75 Å². The van der Waals surface area contributed by atoms with E-state index in [-0.39, 0.29) is 18.2 Å². The molecule has 1 aliphatic heterocycles. The number of nitrogens with one attached hydrogen (secondary N) is 2. The van der Waals surface area contributed by atoms with Gasteiger partial charge in [-0.1, -0.05) is 18.2 Å². The van der Waals surface area contributed by atoms with E-state index in [4.69, 9.17) is 4.74 Å². The molecule has 3 rings (SSSR count). The van der Waals surface area contributed by atoms with Crippen molar-refractivity contribution in [3.8, 4) is 5.75 Å². The minimum atomic E-state index is -0.847. The van der Waals surface area contributed by atoms with Crippen LogP contribution < -0.4 is 15.4 Å². The molecule has 1 unspecified atom stereocenters. The Kier molecular flexibility index (Phi) is 3.74. The third-order valence-corrected chi connectivity index (χ3v) is 3.26. The number of anilines is 2. The van der Waals surface area contributed by atoms with Crippen LogP contribution in [0.1, 0.15) is 12.0 Å². The van der Waals surface area contributed by atoms with Gasteiger partial charge in [0.05, 0.1) is 12.1 Å². The second-order valence-corrected chi connectivity index (χ2v) is 5.06. The molecule has 112 valence electrons. The van der Waals surface area contributed by atoms with E-state index in [1.54, 1.807) is 30.5 Å². The van der Waals surface area contributed by atoms with Crippen molar-refractivity contribution in [1.29, 1.82) is 0 Å². The largest absolute Gasteiger partial charge is 0.478 e. The molecular weight excluding hydrogens is 282 g/mol. The Labute approximate surface area is 127 Å². The van der Waals surface area contributed by atoms with Gasteiger partial charge in [-0.25, -0.2) is 4.98 Å². The van der Waals surface area contributed by atoms with Crippen LogP contribution in [0, 0.1) is 6.92 Å². The number of hydrogen-bond acceptors (Lipinski definition) is 4. The Bertz CT molecular complexity index is 713. The number of rotatable bonds is 3. The molecule has 0 saturated heterocycles. The first-order valence-electron chi connectivity index (χ1n) is 6.91. The fourth-order valence-electron chi connectivity index (χ4n) is 2.13. The van der Waals surface area contributed by atoms with E-state index < -0.39 is 6.10 Å². The predicted molar refractivity (Wildman–Crippen MR) is 81.7 cm³/mol. The molecule has 0 fully saturated rings. The molecule has 6 heteroatoms. The number of carbonyl (C=O) groups excluding carboxylic acids is 2. The zero-order valence-electron chi connectivity index (χ0n) is 12.0. The Balaban J connectivity index is 1.64. The van der Waals surface area contributed by atoms with Gasteiger partial charge in [0, 0.05) is 6.20 Å². The number of fused-ring (bicyclic) bond motifs is 1. The molecule has 0 spiro atoms. The number of carbonyl (C=O) groups is 2. The van der Waals surface area contributed by atoms with E-state index in [2.05, 4.69) is 15.6 Å². The molecule has 0 radical (unpaired) electrons. The van der Waals surface area contributed by atoms with Crippen LogP contribution in [0.15, 0.2) is 42.6 Å². The van der Waals surface area contributed by atoms with E-state index >= 15 is 0 Å². The highest BCUT2D eigenvalue weighted by molar-refractivity contribution is 6.01. The lowest BCUT2D eigenvalue weighted by Gasteiger charge is -2.25. The van der Waals surface area contributed by atoms with Gasteiger partial charge in [0.15, 0.2) is 6.10 Å². The first-order chi connectivity index (χ1) is 10.6. The van der Waals surface area contributed by atoms with Crippen molar-refractivity contribution in [1.82, 2.24) is 4.98 Å². The van der Waals surface area contributed by atoms with Crippen molar-refractivity contribution in [3.05, 3.63) is 48.2 Å². The maximum atomic E-state index is 12.0. The van der Waals surface area contributed by atoms with Gasteiger partial charge < -0.3 is 15.4 Å². The monoisotopic (exact) mass is 297 g/mol. The van der Waals surface area contributed by atoms with Crippen LogP contribution in [0.2, 0.25) is 0 Å². The summed E-state index contributed by atoms with van der Waals surface area (Å²) >= 11 is 0. The predicted octanol–water partition coefficient (Wildman–Crippen LogP) is 2.12. The SMILES string of the molecule is Cc1ccc(NC(=O)CC2Oc3ccccc3NC2=O)nc1. The summed E-state index contributed by atoms with van der Waals surface area (Å²) in [4.78, 5) is 28.1. The Morgan fingerprint density at radius 1 is 1.32 bits per heavy atom. The maximum Gasteiger partial charge on any atom is 0.266 e. The highest BCUT2D eigenvalue weighted by atomic mass is 16.5. The zero-order chi connectivity index (χ0) is 15.5. The van der Waals surface area contributed by atoms with E-state index in [9.17, 15) is 9.59 Å². The summed E-state index contributed by atoms with van der Waals surface area (Å²) in [6, 6.07) is 10.7. The van der Waals surface area contributed by atoms with Gasteiger partial charge in [0.1, 0.15) is 11.6 Å². The molecule has 2 heterocycles. The summed E-state index contributed by atoms with van der Waals surface area (Å²) in [5.41, 5.74) is 1.62. The van der Waals surface area contributed by atoms with E-state index in [1.807, 2.05) is 19.1 Å². The summed E-state index contributed by atoms with van der Waals surface area (Å²) in [6.07, 6.45) is 0.742. The maximum absolute atomic E-state index is 12.0. The molecular formula is C16H15N3O3. The van der Waals surface area contributed by atoms with Crippen molar-refractivity contribution in [3.63, 3.8) is 0 Å². The lowest BCUT2D eigenvalue weighted by Crippen LogP contribution is -2.39. The highest BCUT2D eigenvalue weighted by Crippen LogP contribution is 2.29. The minimum absolute atomic E-state index is 0.0737. The number of aromatic nitrogens is 1. The third-order valence-electron chi connectivity index (χ3n) is 3.26. The number of aryl methyl sites for hydroxylation is 1. The normalized spacial score (nSPS) is 16.2. The number of pyridine rings is 1. The van der Waals surface area contributed by atoms with Crippen LogP contribution in [0.3, 0.4) is 0 Å². The molecule has 6 nitrogen and oxygen atoms in total. The van der Waals surface area contributed by atoms with Crippen LogP contribution in [-0.4, -0.2) is 22.9 Å². The standard InChI is InChI=1S/C16H15N3O3/c1-10-6-7-14(17-9-10)19-15(20)8-13-16(21)18-11-4-2-3-5-12(11)22-13/h2-7,9,13H,8H2,1H3,(H,18,21)(H,17,19,20). The van der Waals surface area contributed by atoms with Crippen LogP contribution in [0.4, 0.5) is 11.5 Å². The summed E-state index contributed by atoms with van der Waals surface area (Å²) < 4.78 is 5.58. The molecule has 22 heavy (non-hydrogen) atoms. The number of ether oxygens (including phenoxy) is 1. The Morgan fingerprint density at radius 3 is 2.91 bits per heavy atom. The van der Waals surface area contributed by atoms with Gasteiger partial charge in [-0.15, -0.1) is 0 Å². The molecule has 2 amide bonds. The van der Waals surface area contributed by atoms with Crippen molar-refractivity contribution in [2.45, 2.75) is 19.4 Å². The number of amides is 2. The molecule has 1 aromatic heterocycles. The average Bonchev–Trinajstić information content (AvgIpc) is 2.50. The van der Waals surface area contributed by atoms with E-state index in [0.29, 0.717) is 17.3 Å². The molecule has 1 atom stereocenters. The van der Waals surface area contributed by atoms with Gasteiger partial charge in [-0.3, -0.25) is 9.59 Å². The summed E-state index contributed by atoms with van der Waals surface area (Å²) in [5.74, 6) is 0.363. The fraction of sp³-hybridized carbons (Fsp3) is 0.188. The molecule has 0 bridgehead atoms. The van der Waals surface area contributed by atoms with Gasteiger partial charge in [-0.05, 0) is 30.7 Å².